The number of aromatic amines is 1. The number of para-hydroxylation sites is 1. The number of aryl methyl sites for hydroxylation is 1. The summed E-state index contributed by atoms with van der Waals surface area (Å²) < 4.78 is 0. The predicted molar refractivity (Wildman–Crippen MR) is 97.6 cm³/mol. The molecule has 4 heteroatoms. The minimum atomic E-state index is -0.0725. The third-order valence-corrected chi connectivity index (χ3v) is 4.70. The molecule has 3 rings (SSSR count). The molecule has 0 saturated heterocycles. The van der Waals surface area contributed by atoms with Gasteiger partial charge >= 0.3 is 0 Å². The van der Waals surface area contributed by atoms with Gasteiger partial charge in [0.15, 0.2) is 0 Å². The van der Waals surface area contributed by atoms with Crippen molar-refractivity contribution in [2.24, 2.45) is 0 Å². The lowest BCUT2D eigenvalue weighted by Gasteiger charge is -2.31. The van der Waals surface area contributed by atoms with Crippen molar-refractivity contribution in [1.82, 2.24) is 9.88 Å². The maximum atomic E-state index is 10.5. The van der Waals surface area contributed by atoms with E-state index in [0.717, 1.165) is 29.9 Å². The Morgan fingerprint density at radius 3 is 2.42 bits per heavy atom. The Balaban J connectivity index is 2.26. The molecule has 2 aromatic carbocycles. The summed E-state index contributed by atoms with van der Waals surface area (Å²) in [5.41, 5.74) is 4.18. The molecule has 3 aromatic rings. The lowest BCUT2D eigenvalue weighted by Crippen LogP contribution is -2.29. The summed E-state index contributed by atoms with van der Waals surface area (Å²) in [6.45, 7) is 8.04. The fourth-order valence-electron chi connectivity index (χ4n) is 3.54. The molecular formula is C20H24N2O2. The molecule has 1 unspecified atom stereocenters. The molecule has 0 aliphatic rings. The second-order valence-electron chi connectivity index (χ2n) is 6.08. The van der Waals surface area contributed by atoms with Crippen LogP contribution in [0.15, 0.2) is 42.5 Å². The average molecular weight is 324 g/mol. The highest BCUT2D eigenvalue weighted by Crippen LogP contribution is 2.40. The van der Waals surface area contributed by atoms with Crippen molar-refractivity contribution in [3.8, 4) is 11.5 Å². The van der Waals surface area contributed by atoms with Crippen molar-refractivity contribution in [3.05, 3.63) is 59.3 Å². The molecule has 0 spiro atoms. The average Bonchev–Trinajstić information content (AvgIpc) is 2.89. The second kappa shape index (κ2) is 6.57. The number of aromatic hydroxyl groups is 2. The molecule has 0 aliphatic heterocycles. The first-order valence-electron chi connectivity index (χ1n) is 8.39. The quantitative estimate of drug-likeness (QED) is 0.655. The van der Waals surface area contributed by atoms with Gasteiger partial charge in [-0.05, 0) is 38.2 Å². The summed E-state index contributed by atoms with van der Waals surface area (Å²) in [4.78, 5) is 5.77. The standard InChI is InChI=1S/C20H24N2O2/c1-4-22(5-2)20(16-11-10-14(23)12-18(16)24)19-13(3)21-17-9-7-6-8-15(17)19/h6-12,20-21,23-24H,4-5H2,1-3H3. The van der Waals surface area contributed by atoms with Crippen LogP contribution in [0.25, 0.3) is 10.9 Å². The van der Waals surface area contributed by atoms with Gasteiger partial charge in [-0.1, -0.05) is 32.0 Å². The molecule has 24 heavy (non-hydrogen) atoms. The molecule has 1 heterocycles. The zero-order valence-electron chi connectivity index (χ0n) is 14.4. The third-order valence-electron chi connectivity index (χ3n) is 4.70. The number of H-pyrrole nitrogens is 1. The van der Waals surface area contributed by atoms with Crippen LogP contribution in [0.1, 0.15) is 36.7 Å². The Hall–Kier alpha value is -2.46. The first-order chi connectivity index (χ1) is 11.6. The molecule has 0 amide bonds. The maximum absolute atomic E-state index is 10.5. The summed E-state index contributed by atoms with van der Waals surface area (Å²) in [6.07, 6.45) is 0. The third kappa shape index (κ3) is 2.74. The lowest BCUT2D eigenvalue weighted by molar-refractivity contribution is 0.246. The van der Waals surface area contributed by atoms with Crippen LogP contribution in [-0.2, 0) is 0 Å². The Morgan fingerprint density at radius 2 is 1.75 bits per heavy atom. The first kappa shape index (κ1) is 16.4. The van der Waals surface area contributed by atoms with Gasteiger partial charge in [-0.2, -0.15) is 0 Å². The Morgan fingerprint density at radius 1 is 1.04 bits per heavy atom. The Bertz CT molecular complexity index is 850. The van der Waals surface area contributed by atoms with Crippen molar-refractivity contribution in [2.45, 2.75) is 26.8 Å². The first-order valence-corrected chi connectivity index (χ1v) is 8.39. The number of aromatic nitrogens is 1. The van der Waals surface area contributed by atoms with E-state index in [1.165, 1.54) is 17.0 Å². The molecule has 126 valence electrons. The number of benzene rings is 2. The van der Waals surface area contributed by atoms with E-state index in [-0.39, 0.29) is 17.5 Å². The highest BCUT2D eigenvalue weighted by molar-refractivity contribution is 5.85. The molecule has 0 radical (unpaired) electrons. The minimum absolute atomic E-state index is 0.0725. The van der Waals surface area contributed by atoms with Gasteiger partial charge in [-0.15, -0.1) is 0 Å². The highest BCUT2D eigenvalue weighted by Gasteiger charge is 2.27. The number of nitrogens with zero attached hydrogens (tertiary/aromatic N) is 1. The van der Waals surface area contributed by atoms with Crippen molar-refractivity contribution in [2.75, 3.05) is 13.1 Å². The molecular weight excluding hydrogens is 300 g/mol. The molecule has 0 aliphatic carbocycles. The number of hydrogen-bond donors (Lipinski definition) is 3. The summed E-state index contributed by atoms with van der Waals surface area (Å²) >= 11 is 0. The summed E-state index contributed by atoms with van der Waals surface area (Å²) in [6, 6.07) is 13.0. The van der Waals surface area contributed by atoms with Crippen molar-refractivity contribution in [3.63, 3.8) is 0 Å². The molecule has 0 saturated carbocycles. The van der Waals surface area contributed by atoms with Gasteiger partial charge in [-0.25, -0.2) is 0 Å². The molecule has 4 nitrogen and oxygen atoms in total. The van der Waals surface area contributed by atoms with Crippen molar-refractivity contribution < 1.29 is 10.2 Å². The fraction of sp³-hybridized carbons (Fsp3) is 0.300. The summed E-state index contributed by atoms with van der Waals surface area (Å²) in [7, 11) is 0. The van der Waals surface area contributed by atoms with Gasteiger partial charge in [0.05, 0.1) is 6.04 Å². The van der Waals surface area contributed by atoms with Crippen molar-refractivity contribution in [1.29, 1.82) is 0 Å². The molecule has 0 bridgehead atoms. The van der Waals surface area contributed by atoms with E-state index in [9.17, 15) is 10.2 Å². The van der Waals surface area contributed by atoms with E-state index in [1.807, 2.05) is 18.2 Å². The zero-order valence-corrected chi connectivity index (χ0v) is 14.4. The maximum Gasteiger partial charge on any atom is 0.124 e. The fourth-order valence-corrected chi connectivity index (χ4v) is 3.54. The summed E-state index contributed by atoms with van der Waals surface area (Å²) in [5.74, 6) is 0.196. The largest absolute Gasteiger partial charge is 0.508 e. The van der Waals surface area contributed by atoms with E-state index in [2.05, 4.69) is 42.8 Å². The van der Waals surface area contributed by atoms with E-state index in [1.54, 1.807) is 6.07 Å². The second-order valence-corrected chi connectivity index (χ2v) is 6.08. The molecule has 3 N–H and O–H groups in total. The van der Waals surface area contributed by atoms with Crippen LogP contribution in [0.2, 0.25) is 0 Å². The smallest absolute Gasteiger partial charge is 0.124 e. The summed E-state index contributed by atoms with van der Waals surface area (Å²) in [5, 5.41) is 21.3. The highest BCUT2D eigenvalue weighted by atomic mass is 16.3. The van der Waals surface area contributed by atoms with E-state index in [0.29, 0.717) is 0 Å². The van der Waals surface area contributed by atoms with Crippen LogP contribution in [0, 0.1) is 6.92 Å². The number of rotatable bonds is 5. The lowest BCUT2D eigenvalue weighted by atomic mass is 9.93. The van der Waals surface area contributed by atoms with Gasteiger partial charge in [0, 0.05) is 33.8 Å². The van der Waals surface area contributed by atoms with E-state index >= 15 is 0 Å². The Labute approximate surface area is 142 Å². The predicted octanol–water partition coefficient (Wildman–Crippen LogP) is 4.32. The number of phenols is 2. The molecule has 0 fully saturated rings. The van der Waals surface area contributed by atoms with Crippen LogP contribution in [0.3, 0.4) is 0 Å². The van der Waals surface area contributed by atoms with Crippen LogP contribution < -0.4 is 0 Å². The van der Waals surface area contributed by atoms with Crippen LogP contribution in [0.4, 0.5) is 0 Å². The minimum Gasteiger partial charge on any atom is -0.508 e. The Kier molecular flexibility index (Phi) is 4.49. The monoisotopic (exact) mass is 324 g/mol. The van der Waals surface area contributed by atoms with Crippen LogP contribution >= 0.6 is 0 Å². The van der Waals surface area contributed by atoms with Gasteiger partial charge in [-0.3, -0.25) is 4.90 Å². The SMILES string of the molecule is CCN(CC)C(c1ccc(O)cc1O)c1c(C)[nH]c2ccccc12. The molecule has 1 aromatic heterocycles. The topological polar surface area (TPSA) is 59.5 Å². The van der Waals surface area contributed by atoms with Gasteiger partial charge in [0.25, 0.3) is 0 Å². The van der Waals surface area contributed by atoms with Gasteiger partial charge in [0.2, 0.25) is 0 Å². The number of hydrogen-bond acceptors (Lipinski definition) is 3. The van der Waals surface area contributed by atoms with E-state index < -0.39 is 0 Å². The number of phenolic OH excluding ortho intramolecular Hbond substituents is 2. The zero-order chi connectivity index (χ0) is 17.3. The number of nitrogens with one attached hydrogen (secondary N) is 1. The van der Waals surface area contributed by atoms with Crippen molar-refractivity contribution >= 4 is 10.9 Å². The van der Waals surface area contributed by atoms with Gasteiger partial charge in [0.1, 0.15) is 11.5 Å². The molecule has 1 atom stereocenters. The number of fused-ring (bicyclic) bond motifs is 1. The van der Waals surface area contributed by atoms with Crippen LogP contribution in [-0.4, -0.2) is 33.2 Å². The normalized spacial score (nSPS) is 12.8. The van der Waals surface area contributed by atoms with Crippen LogP contribution in [0.5, 0.6) is 11.5 Å². The van der Waals surface area contributed by atoms with E-state index in [4.69, 9.17) is 0 Å². The van der Waals surface area contributed by atoms with Gasteiger partial charge < -0.3 is 15.2 Å².